The number of aliphatic hydroxyl groups is 7. The van der Waals surface area contributed by atoms with Gasteiger partial charge in [-0.2, -0.15) is 0 Å². The van der Waals surface area contributed by atoms with E-state index in [9.17, 15) is 40.1 Å². The summed E-state index contributed by atoms with van der Waals surface area (Å²) in [6.07, 6.45) is -24.7. The van der Waals surface area contributed by atoms with Gasteiger partial charge in [0.2, 0.25) is 0 Å². The fraction of sp³-hybridized carbons (Fsp3) is 1.00. The molecule has 260 valence electrons. The lowest BCUT2D eigenvalue weighted by Crippen LogP contribution is -2.66. The smallest absolute Gasteiger partial charge is 0.187 e. The second kappa shape index (κ2) is 15.6. The Labute approximate surface area is 256 Å². The molecule has 20 nitrogen and oxygen atoms in total. The predicted molar refractivity (Wildman–Crippen MR) is 145 cm³/mol. The van der Waals surface area contributed by atoms with E-state index >= 15 is 0 Å². The number of hydrogen-bond acceptors (Lipinski definition) is 18. The summed E-state index contributed by atoms with van der Waals surface area (Å²) in [5.74, 6) is 0. The zero-order valence-electron chi connectivity index (χ0n) is 24.1. The van der Waals surface area contributed by atoms with Crippen molar-refractivity contribution in [1.29, 1.82) is 0 Å². The monoisotopic (exact) mass is 657 g/mol. The molecule has 1 unspecified atom stereocenters. The van der Waals surface area contributed by atoms with Crippen LogP contribution >= 0.6 is 0 Å². The van der Waals surface area contributed by atoms with Crippen LogP contribution in [0.15, 0.2) is 5.11 Å². The Balaban J connectivity index is 1.54. The van der Waals surface area contributed by atoms with Crippen LogP contribution in [0.25, 0.3) is 10.4 Å². The predicted octanol–water partition coefficient (Wildman–Crippen LogP) is -6.14. The highest BCUT2D eigenvalue weighted by Crippen LogP contribution is 2.36. The van der Waals surface area contributed by atoms with Crippen molar-refractivity contribution in [3.63, 3.8) is 0 Å². The molecule has 4 fully saturated rings. The minimum atomic E-state index is -2.18. The van der Waals surface area contributed by atoms with Crippen molar-refractivity contribution in [1.82, 2.24) is 0 Å². The summed E-state index contributed by atoms with van der Waals surface area (Å²) in [4.78, 5) is 2.66. The number of ether oxygens (including phenoxy) is 6. The maximum Gasteiger partial charge on any atom is 0.187 e. The molecule has 0 radical (unpaired) electrons. The van der Waals surface area contributed by atoms with E-state index in [4.69, 9.17) is 56.9 Å². The van der Waals surface area contributed by atoms with Crippen LogP contribution in [0.4, 0.5) is 4.39 Å². The zero-order valence-corrected chi connectivity index (χ0v) is 24.1. The number of halogens is 1. The first-order chi connectivity index (χ1) is 21.4. The van der Waals surface area contributed by atoms with E-state index in [1.54, 1.807) is 0 Å². The Hall–Kier alpha value is -1.44. The number of aliphatic hydroxyl groups excluding tert-OH is 7. The van der Waals surface area contributed by atoms with E-state index < -0.39 is 123 Å². The number of nitrogens with zero attached hydrogens (tertiary/aromatic N) is 3. The van der Waals surface area contributed by atoms with Gasteiger partial charge in [-0.05, 0) is 18.4 Å². The highest BCUT2D eigenvalue weighted by Gasteiger charge is 2.54. The standard InChI is InChI=1S/C24H44FN7O13/c25-11-14(35)9(4-26)42-23(16(11)37)43-19-7(29)3-6(28)13(34)21(19)45-24-18(39)20(8(40-24)1-2-33)44-22-12(31-32-30)17(38)15(36)10(5-27)41-22/h6-24,33-39H,1-5,26-29H2/t6-,7+,8-,9-,10+,11+,12?,13+,14-,15-,16-,17-,18-,19-,20-,21-,22-,23-,24+/m1/s1. The normalized spacial score (nSPS) is 50.7. The molecule has 1 saturated carbocycles. The van der Waals surface area contributed by atoms with Crippen molar-refractivity contribution in [2.75, 3.05) is 19.7 Å². The van der Waals surface area contributed by atoms with Gasteiger partial charge < -0.3 is 87.1 Å². The molecule has 4 rings (SSSR count). The molecule has 0 aromatic rings. The van der Waals surface area contributed by atoms with Gasteiger partial charge in [-0.3, -0.25) is 0 Å². The fourth-order valence-electron chi connectivity index (χ4n) is 6.02. The van der Waals surface area contributed by atoms with Gasteiger partial charge in [0.25, 0.3) is 0 Å². The summed E-state index contributed by atoms with van der Waals surface area (Å²) >= 11 is 0. The second-order valence-electron chi connectivity index (χ2n) is 11.6. The Morgan fingerprint density at radius 3 is 1.89 bits per heavy atom. The van der Waals surface area contributed by atoms with E-state index in [0.29, 0.717) is 0 Å². The summed E-state index contributed by atoms with van der Waals surface area (Å²) < 4.78 is 49.2. The van der Waals surface area contributed by atoms with Gasteiger partial charge in [0.1, 0.15) is 61.0 Å². The third kappa shape index (κ3) is 7.51. The molecule has 3 aliphatic heterocycles. The van der Waals surface area contributed by atoms with Crippen molar-refractivity contribution in [2.24, 2.45) is 28.0 Å². The first-order valence-corrected chi connectivity index (χ1v) is 14.6. The lowest BCUT2D eigenvalue weighted by Gasteiger charge is -2.46. The molecule has 0 amide bonds. The van der Waals surface area contributed by atoms with E-state index in [-0.39, 0.29) is 25.9 Å². The van der Waals surface area contributed by atoms with Crippen LogP contribution < -0.4 is 22.9 Å². The first-order valence-electron chi connectivity index (χ1n) is 14.6. The van der Waals surface area contributed by atoms with Crippen molar-refractivity contribution < 1.29 is 68.6 Å². The average Bonchev–Trinajstić information content (AvgIpc) is 3.30. The summed E-state index contributed by atoms with van der Waals surface area (Å²) in [5.41, 5.74) is 32.5. The summed E-state index contributed by atoms with van der Waals surface area (Å²) in [5, 5.41) is 76.6. The van der Waals surface area contributed by atoms with Gasteiger partial charge in [-0.25, -0.2) is 4.39 Å². The van der Waals surface area contributed by atoms with Crippen molar-refractivity contribution in [3.8, 4) is 0 Å². The van der Waals surface area contributed by atoms with Crippen molar-refractivity contribution >= 4 is 0 Å². The number of hydrogen-bond donors (Lipinski definition) is 11. The number of alkyl halides is 1. The molecule has 0 aromatic carbocycles. The Morgan fingerprint density at radius 2 is 1.27 bits per heavy atom. The third-order valence-electron chi connectivity index (χ3n) is 8.58. The maximum atomic E-state index is 14.6. The van der Waals surface area contributed by atoms with E-state index in [0.717, 1.165) is 0 Å². The molecule has 3 heterocycles. The molecule has 0 bridgehead atoms. The van der Waals surface area contributed by atoms with Gasteiger partial charge in [0, 0.05) is 36.7 Å². The Bertz CT molecular complexity index is 1010. The molecular formula is C24H44FN7O13. The molecule has 21 heteroatoms. The maximum absolute atomic E-state index is 14.6. The van der Waals surface area contributed by atoms with Crippen LogP contribution in [-0.4, -0.2) is 172 Å². The molecule has 0 spiro atoms. The molecule has 1 aliphatic carbocycles. The number of rotatable bonds is 11. The van der Waals surface area contributed by atoms with Gasteiger partial charge in [0.15, 0.2) is 25.0 Å². The van der Waals surface area contributed by atoms with Crippen LogP contribution in [0.1, 0.15) is 12.8 Å². The van der Waals surface area contributed by atoms with Crippen LogP contribution in [0.5, 0.6) is 0 Å². The Morgan fingerprint density at radius 1 is 0.711 bits per heavy atom. The molecule has 3 saturated heterocycles. The van der Waals surface area contributed by atoms with Gasteiger partial charge in [0.05, 0.1) is 18.3 Å². The molecule has 15 N–H and O–H groups in total. The lowest BCUT2D eigenvalue weighted by molar-refractivity contribution is -0.323. The second-order valence-corrected chi connectivity index (χ2v) is 11.6. The van der Waals surface area contributed by atoms with Gasteiger partial charge in [-0.1, -0.05) is 5.11 Å². The lowest BCUT2D eigenvalue weighted by atomic mass is 9.84. The van der Waals surface area contributed by atoms with Crippen molar-refractivity contribution in [2.45, 2.75) is 129 Å². The fourth-order valence-corrected chi connectivity index (χ4v) is 6.02. The Kier molecular flexibility index (Phi) is 12.6. The van der Waals surface area contributed by atoms with Crippen LogP contribution in [0.2, 0.25) is 0 Å². The quantitative estimate of drug-likeness (QED) is 0.0559. The van der Waals surface area contributed by atoms with Gasteiger partial charge in [-0.15, -0.1) is 0 Å². The number of nitrogens with two attached hydrogens (primary N) is 4. The highest BCUT2D eigenvalue weighted by atomic mass is 19.1. The highest BCUT2D eigenvalue weighted by molar-refractivity contribution is 5.02. The largest absolute Gasteiger partial charge is 0.396 e. The SMILES string of the molecule is [N-]=[N+]=NC1[C@@H](O[C@H]2[C@@H](O)[C@H](O[C@@H]3[C@@H](O)[C@H](N)C[C@H](N)[C@H]3O[C@H]3O[C@H](CN)[C@@H](O)[C@H](F)[C@H]3O)O[C@@H]2CCO)O[C@@H](CN)[C@@H](O)[C@@H]1O. The molecule has 0 aromatic heterocycles. The first kappa shape index (κ1) is 36.4. The molecule has 45 heavy (non-hydrogen) atoms. The zero-order chi connectivity index (χ0) is 33.2. The number of azide groups is 1. The van der Waals surface area contributed by atoms with Gasteiger partial charge >= 0.3 is 0 Å². The van der Waals surface area contributed by atoms with Crippen LogP contribution in [0.3, 0.4) is 0 Å². The van der Waals surface area contributed by atoms with Crippen LogP contribution in [0, 0.1) is 0 Å². The average molecular weight is 658 g/mol. The summed E-state index contributed by atoms with van der Waals surface area (Å²) in [6.45, 7) is -0.988. The third-order valence-corrected chi connectivity index (χ3v) is 8.58. The van der Waals surface area contributed by atoms with Crippen molar-refractivity contribution in [3.05, 3.63) is 10.4 Å². The van der Waals surface area contributed by atoms with E-state index in [1.165, 1.54) is 0 Å². The summed E-state index contributed by atoms with van der Waals surface area (Å²) in [7, 11) is 0. The van der Waals surface area contributed by atoms with E-state index in [1.807, 2.05) is 0 Å². The minimum absolute atomic E-state index is 0.000238. The molecule has 4 aliphatic rings. The molecular weight excluding hydrogens is 613 g/mol. The van der Waals surface area contributed by atoms with Crippen LogP contribution in [-0.2, 0) is 28.4 Å². The molecule has 19 atom stereocenters. The summed E-state index contributed by atoms with van der Waals surface area (Å²) in [6, 6.07) is -3.39. The topological polar surface area (TPSA) is 350 Å². The van der Waals surface area contributed by atoms with E-state index in [2.05, 4.69) is 10.0 Å². The minimum Gasteiger partial charge on any atom is -0.396 e.